The number of nitrogens with zero attached hydrogens (tertiary/aromatic N) is 4. The number of carbonyl (C=O) groups excluding carboxylic acids is 1. The van der Waals surface area contributed by atoms with E-state index in [1.54, 1.807) is 6.26 Å². The van der Waals surface area contributed by atoms with Crippen LogP contribution in [0.2, 0.25) is 0 Å². The van der Waals surface area contributed by atoms with Crippen LogP contribution in [0.5, 0.6) is 0 Å². The molecule has 1 fully saturated rings. The first-order valence-corrected chi connectivity index (χ1v) is 11.0. The second kappa shape index (κ2) is 8.45. The van der Waals surface area contributed by atoms with E-state index in [-0.39, 0.29) is 5.91 Å². The highest BCUT2D eigenvalue weighted by Crippen LogP contribution is 2.31. The zero-order chi connectivity index (χ0) is 20.4. The van der Waals surface area contributed by atoms with Gasteiger partial charge in [0, 0.05) is 17.8 Å². The Kier molecular flexibility index (Phi) is 5.76. The van der Waals surface area contributed by atoms with Crippen LogP contribution in [-0.2, 0) is 4.79 Å². The molecule has 4 rings (SSSR count). The lowest BCUT2D eigenvalue weighted by Gasteiger charge is -2.39. The quantitative estimate of drug-likeness (QED) is 0.570. The molecule has 1 saturated heterocycles. The number of hydrogen-bond acceptors (Lipinski definition) is 5. The van der Waals surface area contributed by atoms with Crippen LogP contribution in [0.3, 0.4) is 0 Å². The Morgan fingerprint density at radius 3 is 2.52 bits per heavy atom. The molecule has 1 aromatic carbocycles. The van der Waals surface area contributed by atoms with Crippen molar-refractivity contribution >= 4 is 17.7 Å². The molecule has 1 amide bonds. The van der Waals surface area contributed by atoms with Gasteiger partial charge in [0.15, 0.2) is 11.0 Å². The van der Waals surface area contributed by atoms with Crippen molar-refractivity contribution in [2.45, 2.75) is 57.3 Å². The number of thioether (sulfide) groups is 1. The summed E-state index contributed by atoms with van der Waals surface area (Å²) in [5.41, 5.74) is 1.86. The first kappa shape index (κ1) is 19.8. The number of hydrogen-bond donors (Lipinski definition) is 0. The summed E-state index contributed by atoms with van der Waals surface area (Å²) in [6, 6.07) is 12.5. The average Bonchev–Trinajstić information content (AvgIpc) is 3.32. The molecule has 29 heavy (non-hydrogen) atoms. The van der Waals surface area contributed by atoms with Crippen molar-refractivity contribution in [3.8, 4) is 17.1 Å². The van der Waals surface area contributed by atoms with Crippen molar-refractivity contribution in [3.63, 3.8) is 0 Å². The van der Waals surface area contributed by atoms with Crippen molar-refractivity contribution in [1.29, 1.82) is 0 Å². The molecule has 2 unspecified atom stereocenters. The minimum atomic E-state index is 0.165. The van der Waals surface area contributed by atoms with E-state index in [4.69, 9.17) is 4.42 Å². The van der Waals surface area contributed by atoms with Crippen LogP contribution in [0, 0.1) is 6.92 Å². The molecule has 6 nitrogen and oxygen atoms in total. The predicted molar refractivity (Wildman–Crippen MR) is 114 cm³/mol. The fourth-order valence-corrected chi connectivity index (χ4v) is 4.90. The molecule has 0 spiro atoms. The molecule has 3 heterocycles. The van der Waals surface area contributed by atoms with Gasteiger partial charge in [0.2, 0.25) is 5.91 Å². The molecule has 3 aromatic rings. The monoisotopic (exact) mass is 410 g/mol. The third kappa shape index (κ3) is 3.96. The lowest BCUT2D eigenvalue weighted by atomic mass is 9.98. The van der Waals surface area contributed by atoms with E-state index < -0.39 is 0 Å². The zero-order valence-electron chi connectivity index (χ0n) is 17.0. The number of aromatic nitrogens is 3. The average molecular weight is 411 g/mol. The number of piperidine rings is 1. The standard InChI is InChI=1S/C22H26N4O2S/c1-15-8-7-9-16(2)25(15)20(27)14-29-22-24-23-21(19-12-13-28-17(19)3)26(22)18-10-5-4-6-11-18/h4-6,10-13,15-16H,7-9,14H2,1-3H3. The molecular weight excluding hydrogens is 384 g/mol. The Labute approximate surface area is 175 Å². The maximum atomic E-state index is 13.0. The first-order chi connectivity index (χ1) is 14.1. The summed E-state index contributed by atoms with van der Waals surface area (Å²) in [6.45, 7) is 6.20. The van der Waals surface area contributed by atoms with Crippen LogP contribution < -0.4 is 0 Å². The van der Waals surface area contributed by atoms with Crippen LogP contribution >= 0.6 is 11.8 Å². The fourth-order valence-electron chi connectivity index (χ4n) is 4.08. The molecule has 1 aliphatic heterocycles. The number of benzene rings is 1. The smallest absolute Gasteiger partial charge is 0.233 e. The third-order valence-corrected chi connectivity index (χ3v) is 6.47. The largest absolute Gasteiger partial charge is 0.469 e. The Morgan fingerprint density at radius 1 is 1.14 bits per heavy atom. The molecule has 1 aliphatic rings. The third-order valence-electron chi connectivity index (χ3n) is 5.55. The molecule has 0 radical (unpaired) electrons. The molecular formula is C22H26N4O2S. The first-order valence-electron chi connectivity index (χ1n) is 10.1. The summed E-state index contributed by atoms with van der Waals surface area (Å²) in [4.78, 5) is 15.0. The molecule has 152 valence electrons. The number of aryl methyl sites for hydroxylation is 1. The van der Waals surface area contributed by atoms with Gasteiger partial charge in [0.25, 0.3) is 0 Å². The molecule has 0 N–H and O–H groups in total. The Hall–Kier alpha value is -2.54. The highest BCUT2D eigenvalue weighted by molar-refractivity contribution is 7.99. The van der Waals surface area contributed by atoms with Crippen LogP contribution in [0.15, 0.2) is 52.2 Å². The van der Waals surface area contributed by atoms with Gasteiger partial charge in [-0.1, -0.05) is 30.0 Å². The highest BCUT2D eigenvalue weighted by Gasteiger charge is 2.29. The van der Waals surface area contributed by atoms with Gasteiger partial charge >= 0.3 is 0 Å². The van der Waals surface area contributed by atoms with Gasteiger partial charge in [0.1, 0.15) is 5.76 Å². The summed E-state index contributed by atoms with van der Waals surface area (Å²) in [5.74, 6) is 2.03. The van der Waals surface area contributed by atoms with Crippen molar-refractivity contribution < 1.29 is 9.21 Å². The molecule has 2 aromatic heterocycles. The normalized spacial score (nSPS) is 19.5. The van der Waals surface area contributed by atoms with E-state index in [0.717, 1.165) is 35.7 Å². The molecule has 7 heteroatoms. The van der Waals surface area contributed by atoms with Gasteiger partial charge in [-0.15, -0.1) is 10.2 Å². The van der Waals surface area contributed by atoms with Crippen LogP contribution in [0.25, 0.3) is 17.1 Å². The number of para-hydroxylation sites is 1. The fraction of sp³-hybridized carbons (Fsp3) is 0.409. The minimum absolute atomic E-state index is 0.165. The van der Waals surface area contributed by atoms with Gasteiger partial charge < -0.3 is 9.32 Å². The SMILES string of the molecule is Cc1occc1-c1nnc(SCC(=O)N2C(C)CCCC2C)n1-c1ccccc1. The molecule has 0 aliphatic carbocycles. The van der Waals surface area contributed by atoms with Crippen molar-refractivity contribution in [2.75, 3.05) is 5.75 Å². The summed E-state index contributed by atoms with van der Waals surface area (Å²) >= 11 is 1.44. The maximum Gasteiger partial charge on any atom is 0.233 e. The van der Waals surface area contributed by atoms with Crippen LogP contribution in [0.1, 0.15) is 38.9 Å². The molecule has 2 atom stereocenters. The second-order valence-electron chi connectivity index (χ2n) is 7.59. The van der Waals surface area contributed by atoms with E-state index in [9.17, 15) is 4.79 Å². The molecule has 0 bridgehead atoms. The van der Waals surface area contributed by atoms with Gasteiger partial charge in [-0.3, -0.25) is 9.36 Å². The van der Waals surface area contributed by atoms with Gasteiger partial charge in [-0.05, 0) is 58.2 Å². The lowest BCUT2D eigenvalue weighted by molar-refractivity contribution is -0.134. The lowest BCUT2D eigenvalue weighted by Crippen LogP contribution is -2.48. The molecule has 0 saturated carbocycles. The Bertz CT molecular complexity index is 972. The van der Waals surface area contributed by atoms with E-state index >= 15 is 0 Å². The van der Waals surface area contributed by atoms with Crippen LogP contribution in [0.4, 0.5) is 0 Å². The van der Waals surface area contributed by atoms with E-state index in [0.29, 0.717) is 23.0 Å². The number of likely N-dealkylation sites (tertiary alicyclic amines) is 1. The van der Waals surface area contributed by atoms with Gasteiger partial charge in [0.05, 0.1) is 17.6 Å². The highest BCUT2D eigenvalue weighted by atomic mass is 32.2. The number of carbonyl (C=O) groups is 1. The summed E-state index contributed by atoms with van der Waals surface area (Å²) < 4.78 is 7.47. The number of rotatable bonds is 5. The topological polar surface area (TPSA) is 64.2 Å². The van der Waals surface area contributed by atoms with Crippen molar-refractivity contribution in [1.82, 2.24) is 19.7 Å². The second-order valence-corrected chi connectivity index (χ2v) is 8.53. The van der Waals surface area contributed by atoms with Crippen molar-refractivity contribution in [3.05, 3.63) is 48.4 Å². The van der Waals surface area contributed by atoms with Gasteiger partial charge in [-0.25, -0.2) is 0 Å². The number of amides is 1. The van der Waals surface area contributed by atoms with Crippen LogP contribution in [-0.4, -0.2) is 43.4 Å². The summed E-state index contributed by atoms with van der Waals surface area (Å²) in [6.07, 6.45) is 4.99. The predicted octanol–water partition coefficient (Wildman–Crippen LogP) is 4.72. The minimum Gasteiger partial charge on any atom is -0.469 e. The van der Waals surface area contributed by atoms with Crippen molar-refractivity contribution in [2.24, 2.45) is 0 Å². The van der Waals surface area contributed by atoms with Gasteiger partial charge in [-0.2, -0.15) is 0 Å². The van der Waals surface area contributed by atoms with E-state index in [1.165, 1.54) is 18.2 Å². The number of furan rings is 1. The summed E-state index contributed by atoms with van der Waals surface area (Å²) in [5, 5.41) is 9.54. The Morgan fingerprint density at radius 2 is 1.86 bits per heavy atom. The Balaban J connectivity index is 1.62. The summed E-state index contributed by atoms with van der Waals surface area (Å²) in [7, 11) is 0. The van der Waals surface area contributed by atoms with E-state index in [2.05, 4.69) is 24.0 Å². The van der Waals surface area contributed by atoms with E-state index in [1.807, 2.05) is 52.8 Å². The maximum absolute atomic E-state index is 13.0. The zero-order valence-corrected chi connectivity index (χ0v) is 17.9.